The summed E-state index contributed by atoms with van der Waals surface area (Å²) in [5, 5.41) is 48.8. The molecule has 5 N–H and O–H groups in total. The molecule has 1 fully saturated rings. The second-order valence-corrected chi connectivity index (χ2v) is 3.11. The van der Waals surface area contributed by atoms with E-state index in [1.165, 1.54) is 0 Å². The van der Waals surface area contributed by atoms with Gasteiger partial charge in [-0.2, -0.15) is 0 Å². The Morgan fingerprint density at radius 3 is 2.40 bits per heavy atom. The van der Waals surface area contributed by atoms with Gasteiger partial charge >= 0.3 is 0 Å². The Hall–Kier alpha value is -0.930. The summed E-state index contributed by atoms with van der Waals surface area (Å²) in [4.78, 5) is 2.23. The van der Waals surface area contributed by atoms with Crippen LogP contribution in [0.5, 0.6) is 0 Å². The van der Waals surface area contributed by atoms with Gasteiger partial charge in [0, 0.05) is 4.91 Å². The molecule has 1 saturated heterocycles. The predicted molar refractivity (Wildman–Crippen MR) is 44.1 cm³/mol. The van der Waals surface area contributed by atoms with Crippen LogP contribution in [0.1, 0.15) is 0 Å². The Balaban J connectivity index is 2.97. The standard InChI is InChI=1S/C6H11N3O6/c7-9-8-6(14)5(13)4(12)3(11)2(1-10)15-6/h2-5,10-14H,1H2/t2-,3-,4+,5-,6-/m1/s1. The van der Waals surface area contributed by atoms with Gasteiger partial charge in [0.2, 0.25) is 0 Å². The van der Waals surface area contributed by atoms with Gasteiger partial charge < -0.3 is 30.3 Å². The summed E-state index contributed by atoms with van der Waals surface area (Å²) < 4.78 is 4.58. The lowest BCUT2D eigenvalue weighted by molar-refractivity contribution is -0.346. The number of aliphatic hydroxyl groups excluding tert-OH is 4. The first-order chi connectivity index (χ1) is 6.96. The highest BCUT2D eigenvalue weighted by Crippen LogP contribution is 2.29. The predicted octanol–water partition coefficient (Wildman–Crippen LogP) is -2.58. The maximum absolute atomic E-state index is 9.45. The molecule has 0 bridgehead atoms. The van der Waals surface area contributed by atoms with E-state index in [4.69, 9.17) is 10.6 Å². The first-order valence-electron chi connectivity index (χ1n) is 4.07. The molecule has 86 valence electrons. The van der Waals surface area contributed by atoms with E-state index in [1.807, 2.05) is 0 Å². The fourth-order valence-corrected chi connectivity index (χ4v) is 1.28. The molecular formula is C6H11N3O6. The van der Waals surface area contributed by atoms with Gasteiger partial charge in [-0.05, 0) is 10.6 Å². The quantitative estimate of drug-likeness (QED) is 0.195. The lowest BCUT2D eigenvalue weighted by atomic mass is 9.97. The number of hydrogen-bond donors (Lipinski definition) is 5. The molecule has 5 atom stereocenters. The SMILES string of the molecule is [N-]=[N+]=N[C@]1(O)O[C@H](CO)[C@@H](O)[C@H](O)[C@H]1O. The van der Waals surface area contributed by atoms with Crippen molar-refractivity contribution in [2.24, 2.45) is 5.11 Å². The van der Waals surface area contributed by atoms with Gasteiger partial charge in [-0.25, -0.2) is 0 Å². The molecule has 1 aliphatic heterocycles. The number of nitrogens with zero attached hydrogens (tertiary/aromatic N) is 3. The molecule has 0 radical (unpaired) electrons. The first kappa shape index (κ1) is 12.1. The lowest BCUT2D eigenvalue weighted by Crippen LogP contribution is -2.64. The van der Waals surface area contributed by atoms with Crippen molar-refractivity contribution in [2.75, 3.05) is 6.61 Å². The summed E-state index contributed by atoms with van der Waals surface area (Å²) in [6, 6.07) is 0. The molecule has 1 rings (SSSR count). The lowest BCUT2D eigenvalue weighted by Gasteiger charge is -2.42. The molecular weight excluding hydrogens is 210 g/mol. The molecule has 1 aliphatic rings. The zero-order valence-electron chi connectivity index (χ0n) is 7.50. The van der Waals surface area contributed by atoms with E-state index >= 15 is 0 Å². The highest BCUT2D eigenvalue weighted by atomic mass is 16.7. The molecule has 0 aliphatic carbocycles. The van der Waals surface area contributed by atoms with E-state index in [0.29, 0.717) is 0 Å². The summed E-state index contributed by atoms with van der Waals surface area (Å²) in [6.45, 7) is -0.714. The Labute approximate surface area is 83.8 Å². The maximum Gasteiger partial charge on any atom is 0.276 e. The minimum atomic E-state index is -2.69. The highest BCUT2D eigenvalue weighted by molar-refractivity contribution is 4.94. The average Bonchev–Trinajstić information content (AvgIpc) is 2.21. The summed E-state index contributed by atoms with van der Waals surface area (Å²) in [5.74, 6) is -2.69. The van der Waals surface area contributed by atoms with E-state index in [1.54, 1.807) is 0 Å². The van der Waals surface area contributed by atoms with E-state index in [-0.39, 0.29) is 0 Å². The van der Waals surface area contributed by atoms with Crippen molar-refractivity contribution in [3.05, 3.63) is 10.4 Å². The van der Waals surface area contributed by atoms with Crippen LogP contribution in [-0.4, -0.2) is 62.5 Å². The van der Waals surface area contributed by atoms with Crippen molar-refractivity contribution in [2.45, 2.75) is 30.3 Å². The van der Waals surface area contributed by atoms with Gasteiger partial charge in [0.15, 0.2) is 0 Å². The van der Waals surface area contributed by atoms with Gasteiger partial charge in [-0.15, -0.1) is 0 Å². The van der Waals surface area contributed by atoms with Crippen molar-refractivity contribution in [3.63, 3.8) is 0 Å². The third-order valence-electron chi connectivity index (χ3n) is 2.13. The molecule has 0 unspecified atom stereocenters. The van der Waals surface area contributed by atoms with Gasteiger partial charge in [0.25, 0.3) is 5.91 Å². The van der Waals surface area contributed by atoms with Crippen LogP contribution in [0.25, 0.3) is 10.4 Å². The fourth-order valence-electron chi connectivity index (χ4n) is 1.28. The van der Waals surface area contributed by atoms with Crippen LogP contribution in [0, 0.1) is 0 Å². The molecule has 9 nitrogen and oxygen atoms in total. The van der Waals surface area contributed by atoms with Crippen molar-refractivity contribution in [1.82, 2.24) is 0 Å². The molecule has 0 amide bonds. The zero-order valence-corrected chi connectivity index (χ0v) is 7.50. The van der Waals surface area contributed by atoms with Crippen LogP contribution in [0.15, 0.2) is 5.11 Å². The highest BCUT2D eigenvalue weighted by Gasteiger charge is 2.52. The molecule has 15 heavy (non-hydrogen) atoms. The van der Waals surface area contributed by atoms with Crippen LogP contribution in [0.4, 0.5) is 0 Å². The Morgan fingerprint density at radius 2 is 1.93 bits per heavy atom. The minimum absolute atomic E-state index is 0.714. The van der Waals surface area contributed by atoms with E-state index < -0.39 is 36.9 Å². The average molecular weight is 221 g/mol. The summed E-state index contributed by atoms with van der Waals surface area (Å²) in [6.07, 6.45) is -6.71. The van der Waals surface area contributed by atoms with Crippen molar-refractivity contribution in [1.29, 1.82) is 0 Å². The Morgan fingerprint density at radius 1 is 1.33 bits per heavy atom. The number of hydrogen-bond acceptors (Lipinski definition) is 7. The maximum atomic E-state index is 9.45. The fraction of sp³-hybridized carbons (Fsp3) is 1.00. The Bertz CT molecular complexity index is 280. The van der Waals surface area contributed by atoms with E-state index in [2.05, 4.69) is 14.8 Å². The normalized spacial score (nSPS) is 45.9. The zero-order chi connectivity index (χ0) is 11.6. The molecule has 9 heteroatoms. The summed E-state index contributed by atoms with van der Waals surface area (Å²) in [7, 11) is 0. The number of azide groups is 1. The second-order valence-electron chi connectivity index (χ2n) is 3.11. The van der Waals surface area contributed by atoms with Crippen LogP contribution >= 0.6 is 0 Å². The minimum Gasteiger partial charge on any atom is -0.394 e. The smallest absolute Gasteiger partial charge is 0.276 e. The van der Waals surface area contributed by atoms with Crippen molar-refractivity contribution in [3.8, 4) is 0 Å². The monoisotopic (exact) mass is 221 g/mol. The van der Waals surface area contributed by atoms with Crippen LogP contribution in [0.2, 0.25) is 0 Å². The molecule has 0 aromatic carbocycles. The van der Waals surface area contributed by atoms with E-state index in [9.17, 15) is 20.4 Å². The molecule has 0 aromatic heterocycles. The molecule has 0 spiro atoms. The third kappa shape index (κ3) is 2.03. The summed E-state index contributed by atoms with van der Waals surface area (Å²) >= 11 is 0. The van der Waals surface area contributed by atoms with Gasteiger partial charge in [0.05, 0.1) is 6.61 Å². The number of rotatable bonds is 2. The third-order valence-corrected chi connectivity index (χ3v) is 2.13. The van der Waals surface area contributed by atoms with Gasteiger partial charge in [-0.1, -0.05) is 0 Å². The van der Waals surface area contributed by atoms with Crippen molar-refractivity contribution < 1.29 is 30.3 Å². The summed E-state index contributed by atoms with van der Waals surface area (Å²) in [5.41, 5.74) is 8.11. The first-order valence-corrected chi connectivity index (χ1v) is 4.07. The molecule has 0 saturated carbocycles. The van der Waals surface area contributed by atoms with Gasteiger partial charge in [0.1, 0.15) is 24.4 Å². The van der Waals surface area contributed by atoms with Crippen LogP contribution in [-0.2, 0) is 4.74 Å². The number of ether oxygens (including phenoxy) is 1. The largest absolute Gasteiger partial charge is 0.394 e. The van der Waals surface area contributed by atoms with Crippen molar-refractivity contribution >= 4 is 0 Å². The Kier molecular flexibility index (Phi) is 3.47. The molecule has 1 heterocycles. The van der Waals surface area contributed by atoms with Crippen LogP contribution in [0.3, 0.4) is 0 Å². The molecule has 0 aromatic rings. The van der Waals surface area contributed by atoms with Gasteiger partial charge in [-0.3, -0.25) is 0 Å². The number of aliphatic hydroxyl groups is 5. The second kappa shape index (κ2) is 4.29. The van der Waals surface area contributed by atoms with Crippen LogP contribution < -0.4 is 0 Å². The van der Waals surface area contributed by atoms with E-state index in [0.717, 1.165) is 0 Å². The topological polar surface area (TPSA) is 159 Å².